The average Bonchev–Trinajstić information content (AvgIpc) is 3.24. The Kier molecular flexibility index (Phi) is 8.86. The van der Waals surface area contributed by atoms with E-state index in [4.69, 9.17) is 15.3 Å². The number of carbonyl (C=O) groups excluding carboxylic acids is 2. The lowest BCUT2D eigenvalue weighted by atomic mass is 9.97. The van der Waals surface area contributed by atoms with Gasteiger partial charge in [-0.3, -0.25) is 16.2 Å². The van der Waals surface area contributed by atoms with Crippen LogP contribution in [-0.2, 0) is 16.0 Å². The Hall–Kier alpha value is -3.21. The molecular weight excluding hydrogens is 489 g/mol. The Labute approximate surface area is 223 Å². The molecule has 206 valence electrons. The molecule has 2 amide bonds. The average molecular weight is 528 g/mol. The Morgan fingerprint density at radius 1 is 1.13 bits per heavy atom. The van der Waals surface area contributed by atoms with Gasteiger partial charge in [-0.1, -0.05) is 24.3 Å². The number of hydrogen-bond donors (Lipinski definition) is 3. The zero-order valence-corrected chi connectivity index (χ0v) is 22.3. The van der Waals surface area contributed by atoms with E-state index in [0.717, 1.165) is 30.5 Å². The molecule has 4 rings (SSSR count). The van der Waals surface area contributed by atoms with Gasteiger partial charge in [-0.2, -0.15) is 0 Å². The first-order valence-electron chi connectivity index (χ1n) is 13.1. The maximum Gasteiger partial charge on any atom is 0.414 e. The molecule has 4 N–H and O–H groups in total. The number of halogens is 1. The van der Waals surface area contributed by atoms with E-state index in [-0.39, 0.29) is 12.2 Å². The second kappa shape index (κ2) is 12.1. The smallest absolute Gasteiger partial charge is 0.414 e. The summed E-state index contributed by atoms with van der Waals surface area (Å²) in [5, 5.41) is 3.51. The SMILES string of the molecule is CC(C)(C)OC(=O)N1CCC(CNCc2ccc(-c3ccc(N4CC(CNN)OC4=O)cc3F)cc2)CC1. The van der Waals surface area contributed by atoms with E-state index in [0.29, 0.717) is 49.9 Å². The van der Waals surface area contributed by atoms with E-state index in [2.05, 4.69) is 10.7 Å². The van der Waals surface area contributed by atoms with Crippen LogP contribution in [0.2, 0.25) is 0 Å². The van der Waals surface area contributed by atoms with Crippen LogP contribution in [0.25, 0.3) is 11.1 Å². The summed E-state index contributed by atoms with van der Waals surface area (Å²) < 4.78 is 25.7. The van der Waals surface area contributed by atoms with E-state index < -0.39 is 17.5 Å². The highest BCUT2D eigenvalue weighted by Crippen LogP contribution is 2.29. The fourth-order valence-corrected chi connectivity index (χ4v) is 4.75. The zero-order valence-electron chi connectivity index (χ0n) is 22.3. The molecule has 1 atom stereocenters. The summed E-state index contributed by atoms with van der Waals surface area (Å²) >= 11 is 0. The van der Waals surface area contributed by atoms with Crippen LogP contribution in [0.5, 0.6) is 0 Å². The zero-order chi connectivity index (χ0) is 27.3. The van der Waals surface area contributed by atoms with Crippen LogP contribution in [-0.4, -0.2) is 61.5 Å². The van der Waals surface area contributed by atoms with Crippen molar-refractivity contribution in [3.8, 4) is 11.1 Å². The second-order valence-corrected chi connectivity index (χ2v) is 10.9. The minimum absolute atomic E-state index is 0.234. The number of hydrazine groups is 1. The van der Waals surface area contributed by atoms with Gasteiger partial charge in [0.25, 0.3) is 0 Å². The third kappa shape index (κ3) is 7.21. The number of benzene rings is 2. The van der Waals surface area contributed by atoms with Crippen molar-refractivity contribution in [3.05, 3.63) is 53.8 Å². The number of piperidine rings is 1. The summed E-state index contributed by atoms with van der Waals surface area (Å²) in [6.45, 7) is 9.30. The highest BCUT2D eigenvalue weighted by Gasteiger charge is 2.32. The Morgan fingerprint density at radius 2 is 1.84 bits per heavy atom. The van der Waals surface area contributed by atoms with Crippen molar-refractivity contribution in [2.24, 2.45) is 11.8 Å². The number of nitrogens with one attached hydrogen (secondary N) is 2. The van der Waals surface area contributed by atoms with Crippen molar-refractivity contribution >= 4 is 17.9 Å². The first-order valence-corrected chi connectivity index (χ1v) is 13.1. The van der Waals surface area contributed by atoms with Gasteiger partial charge in [-0.25, -0.2) is 14.0 Å². The largest absolute Gasteiger partial charge is 0.444 e. The van der Waals surface area contributed by atoms with E-state index >= 15 is 0 Å². The van der Waals surface area contributed by atoms with Gasteiger partial charge in [0.2, 0.25) is 0 Å². The fourth-order valence-electron chi connectivity index (χ4n) is 4.75. The number of likely N-dealkylation sites (tertiary alicyclic amines) is 1. The van der Waals surface area contributed by atoms with Gasteiger partial charge in [0.1, 0.15) is 17.5 Å². The summed E-state index contributed by atoms with van der Waals surface area (Å²) in [6.07, 6.45) is 0.770. The molecule has 2 saturated heterocycles. The van der Waals surface area contributed by atoms with Crippen LogP contribution < -0.4 is 21.5 Å². The molecule has 10 heteroatoms. The van der Waals surface area contributed by atoms with Crippen molar-refractivity contribution in [1.82, 2.24) is 15.6 Å². The van der Waals surface area contributed by atoms with Gasteiger partial charge in [0, 0.05) is 31.7 Å². The molecule has 0 radical (unpaired) electrons. The topological polar surface area (TPSA) is 109 Å². The number of anilines is 1. The summed E-state index contributed by atoms with van der Waals surface area (Å²) in [5.74, 6) is 5.41. The van der Waals surface area contributed by atoms with Crippen molar-refractivity contribution in [3.63, 3.8) is 0 Å². The maximum absolute atomic E-state index is 15.0. The number of amides is 2. The Bertz CT molecular complexity index is 1110. The van der Waals surface area contributed by atoms with Crippen LogP contribution in [0.3, 0.4) is 0 Å². The monoisotopic (exact) mass is 527 g/mol. The lowest BCUT2D eigenvalue weighted by molar-refractivity contribution is 0.0184. The van der Waals surface area contributed by atoms with E-state index in [1.165, 1.54) is 11.0 Å². The molecule has 0 bridgehead atoms. The quantitative estimate of drug-likeness (QED) is 0.351. The first-order chi connectivity index (χ1) is 18.1. The number of carbonyl (C=O) groups is 2. The minimum atomic E-state index is -0.511. The van der Waals surface area contributed by atoms with Crippen molar-refractivity contribution in [2.45, 2.75) is 51.9 Å². The fraction of sp³-hybridized carbons (Fsp3) is 0.500. The first kappa shape index (κ1) is 27.8. The van der Waals surface area contributed by atoms with Crippen LogP contribution in [0.15, 0.2) is 42.5 Å². The Balaban J connectivity index is 1.25. The van der Waals surface area contributed by atoms with Crippen molar-refractivity contribution < 1.29 is 23.5 Å². The van der Waals surface area contributed by atoms with Gasteiger partial charge in [-0.05, 0) is 75.4 Å². The van der Waals surface area contributed by atoms with Crippen LogP contribution in [0.1, 0.15) is 39.2 Å². The molecule has 38 heavy (non-hydrogen) atoms. The molecule has 2 aliphatic heterocycles. The van der Waals surface area contributed by atoms with Crippen LogP contribution in [0.4, 0.5) is 19.7 Å². The summed E-state index contributed by atoms with van der Waals surface area (Å²) in [7, 11) is 0. The normalized spacial score (nSPS) is 18.6. The van der Waals surface area contributed by atoms with Crippen molar-refractivity contribution in [2.75, 3.05) is 37.6 Å². The molecule has 2 aromatic carbocycles. The molecule has 2 aliphatic rings. The number of cyclic esters (lactones) is 1. The molecule has 1 unspecified atom stereocenters. The van der Waals surface area contributed by atoms with Crippen molar-refractivity contribution in [1.29, 1.82) is 0 Å². The third-order valence-corrected chi connectivity index (χ3v) is 6.78. The van der Waals surface area contributed by atoms with Gasteiger partial charge in [0.15, 0.2) is 0 Å². The summed E-state index contributed by atoms with van der Waals surface area (Å²) in [6, 6.07) is 12.6. The van der Waals surface area contributed by atoms with E-state index in [1.54, 1.807) is 17.0 Å². The van der Waals surface area contributed by atoms with Gasteiger partial charge >= 0.3 is 12.2 Å². The highest BCUT2D eigenvalue weighted by molar-refractivity contribution is 5.90. The number of nitrogens with zero attached hydrogens (tertiary/aromatic N) is 2. The molecular formula is C28H38FN5O4. The molecule has 9 nitrogen and oxygen atoms in total. The highest BCUT2D eigenvalue weighted by atomic mass is 19.1. The lowest BCUT2D eigenvalue weighted by Crippen LogP contribution is -2.43. The van der Waals surface area contributed by atoms with Crippen LogP contribution in [0, 0.1) is 11.7 Å². The number of ether oxygens (including phenoxy) is 2. The summed E-state index contributed by atoms with van der Waals surface area (Å²) in [4.78, 5) is 27.6. The standard InChI is InChI=1S/C28H38FN5O4/c1-28(2,3)38-26(35)33-12-10-20(11-13-33)16-31-15-19-4-6-21(7-5-19)24-9-8-22(14-25(24)29)34-18-23(17-32-30)37-27(34)36/h4-9,14,20,23,31-32H,10-13,15-18,30H2,1-3H3. The third-order valence-electron chi connectivity index (χ3n) is 6.78. The van der Waals surface area contributed by atoms with E-state index in [1.807, 2.05) is 45.0 Å². The van der Waals surface area contributed by atoms with Crippen LogP contribution >= 0.6 is 0 Å². The molecule has 0 aromatic heterocycles. The maximum atomic E-state index is 15.0. The minimum Gasteiger partial charge on any atom is -0.444 e. The second-order valence-electron chi connectivity index (χ2n) is 10.9. The molecule has 2 aromatic rings. The lowest BCUT2D eigenvalue weighted by Gasteiger charge is -2.33. The predicted octanol–water partition coefficient (Wildman–Crippen LogP) is 4.02. The summed E-state index contributed by atoms with van der Waals surface area (Å²) in [5.41, 5.74) is 4.81. The number of hydrogen-bond acceptors (Lipinski definition) is 7. The predicted molar refractivity (Wildman–Crippen MR) is 144 cm³/mol. The molecule has 2 heterocycles. The van der Waals surface area contributed by atoms with Gasteiger partial charge in [0.05, 0.1) is 12.2 Å². The molecule has 0 spiro atoms. The molecule has 0 saturated carbocycles. The number of nitrogens with two attached hydrogens (primary N) is 1. The molecule has 0 aliphatic carbocycles. The number of rotatable bonds is 8. The van der Waals surface area contributed by atoms with E-state index in [9.17, 15) is 14.0 Å². The van der Waals surface area contributed by atoms with Gasteiger partial charge in [-0.15, -0.1) is 0 Å². The molecule has 2 fully saturated rings. The van der Waals surface area contributed by atoms with Gasteiger partial charge < -0.3 is 19.7 Å². The Morgan fingerprint density at radius 3 is 2.47 bits per heavy atom.